The van der Waals surface area contributed by atoms with E-state index in [0.29, 0.717) is 5.82 Å². The first kappa shape index (κ1) is 16.9. The molecule has 0 unspecified atom stereocenters. The van der Waals surface area contributed by atoms with E-state index < -0.39 is 0 Å². The van der Waals surface area contributed by atoms with Crippen LogP contribution in [-0.4, -0.2) is 47.5 Å². The molecule has 0 amide bonds. The maximum Gasteiger partial charge on any atom is 0.139 e. The Kier molecular flexibility index (Phi) is 8.18. The number of hydrogen-bond acceptors (Lipinski definition) is 5. The van der Waals surface area contributed by atoms with Crippen molar-refractivity contribution in [3.63, 3.8) is 0 Å². The van der Waals surface area contributed by atoms with Gasteiger partial charge in [0.25, 0.3) is 0 Å². The van der Waals surface area contributed by atoms with Gasteiger partial charge in [-0.15, -0.1) is 0 Å². The molecule has 3 N–H and O–H groups in total. The van der Waals surface area contributed by atoms with Gasteiger partial charge in [0, 0.05) is 12.7 Å². The number of nitrogens with one attached hydrogen (secondary N) is 1. The number of nitrogens with zero attached hydrogens (tertiary/aromatic N) is 3. The highest BCUT2D eigenvalue weighted by Crippen LogP contribution is 2.07. The van der Waals surface area contributed by atoms with Crippen molar-refractivity contribution in [1.29, 1.82) is 0 Å². The average molecular weight is 279 g/mol. The highest BCUT2D eigenvalue weighted by Gasteiger charge is 2.05. The standard InChI is InChI=1S/C15H29N5/c1-4-19(5-2)10-7-11-20(6-3)13-14-8-9-15(18-16)17-12-14/h8-9,12H,4-7,10-11,13,16H2,1-3H3,(H,17,18). The molecular weight excluding hydrogens is 250 g/mol. The molecule has 0 aromatic carbocycles. The van der Waals surface area contributed by atoms with Crippen LogP contribution in [0.1, 0.15) is 32.8 Å². The maximum absolute atomic E-state index is 5.32. The van der Waals surface area contributed by atoms with E-state index in [1.54, 1.807) is 0 Å². The lowest BCUT2D eigenvalue weighted by Crippen LogP contribution is -2.29. The molecule has 0 atom stereocenters. The predicted octanol–water partition coefficient (Wildman–Crippen LogP) is 1.92. The molecule has 0 aliphatic carbocycles. The Bertz CT molecular complexity index is 348. The van der Waals surface area contributed by atoms with Crippen molar-refractivity contribution in [2.24, 2.45) is 5.84 Å². The quantitative estimate of drug-likeness (QED) is 0.506. The zero-order valence-corrected chi connectivity index (χ0v) is 13.1. The Morgan fingerprint density at radius 2 is 1.70 bits per heavy atom. The molecule has 0 saturated carbocycles. The molecule has 0 spiro atoms. The van der Waals surface area contributed by atoms with E-state index in [4.69, 9.17) is 5.84 Å². The minimum Gasteiger partial charge on any atom is -0.308 e. The van der Waals surface area contributed by atoms with Crippen molar-refractivity contribution in [3.05, 3.63) is 23.9 Å². The van der Waals surface area contributed by atoms with Crippen molar-refractivity contribution in [2.45, 2.75) is 33.7 Å². The molecule has 0 aliphatic rings. The van der Waals surface area contributed by atoms with Crippen LogP contribution >= 0.6 is 0 Å². The van der Waals surface area contributed by atoms with Crippen molar-refractivity contribution in [3.8, 4) is 0 Å². The van der Waals surface area contributed by atoms with Gasteiger partial charge in [-0.1, -0.05) is 26.8 Å². The molecule has 1 rings (SSSR count). The van der Waals surface area contributed by atoms with Crippen LogP contribution in [0.5, 0.6) is 0 Å². The van der Waals surface area contributed by atoms with Crippen LogP contribution in [0.25, 0.3) is 0 Å². The monoisotopic (exact) mass is 279 g/mol. The lowest BCUT2D eigenvalue weighted by molar-refractivity contribution is 0.238. The molecule has 5 nitrogen and oxygen atoms in total. The Balaban J connectivity index is 2.38. The Hall–Kier alpha value is -1.17. The second-order valence-electron chi connectivity index (χ2n) is 4.95. The molecule has 5 heteroatoms. The van der Waals surface area contributed by atoms with Crippen molar-refractivity contribution < 1.29 is 0 Å². The number of nitrogen functional groups attached to an aromatic ring is 1. The summed E-state index contributed by atoms with van der Waals surface area (Å²) in [6.45, 7) is 13.3. The van der Waals surface area contributed by atoms with Gasteiger partial charge >= 0.3 is 0 Å². The number of hydrazine groups is 1. The number of anilines is 1. The SMILES string of the molecule is CCN(CC)CCCN(CC)Cc1ccc(NN)nc1. The van der Waals surface area contributed by atoms with Crippen LogP contribution in [0, 0.1) is 0 Å². The molecule has 1 heterocycles. The first-order valence-corrected chi connectivity index (χ1v) is 7.59. The van der Waals surface area contributed by atoms with E-state index in [0.717, 1.165) is 32.7 Å². The molecule has 0 saturated heterocycles. The summed E-state index contributed by atoms with van der Waals surface area (Å²) in [5.41, 5.74) is 3.78. The fourth-order valence-electron chi connectivity index (χ4n) is 2.27. The molecule has 114 valence electrons. The van der Waals surface area contributed by atoms with Gasteiger partial charge in [0.2, 0.25) is 0 Å². The van der Waals surface area contributed by atoms with E-state index in [9.17, 15) is 0 Å². The van der Waals surface area contributed by atoms with Crippen LogP contribution in [0.4, 0.5) is 5.82 Å². The van der Waals surface area contributed by atoms with Gasteiger partial charge in [-0.25, -0.2) is 10.8 Å². The molecule has 0 aliphatic heterocycles. The molecule has 0 fully saturated rings. The molecule has 0 radical (unpaired) electrons. The average Bonchev–Trinajstić information content (AvgIpc) is 2.51. The summed E-state index contributed by atoms with van der Waals surface area (Å²) in [6, 6.07) is 3.99. The predicted molar refractivity (Wildman–Crippen MR) is 85.4 cm³/mol. The fourth-order valence-corrected chi connectivity index (χ4v) is 2.27. The van der Waals surface area contributed by atoms with Crippen molar-refractivity contribution in [2.75, 3.05) is 38.1 Å². The number of pyridine rings is 1. The summed E-state index contributed by atoms with van der Waals surface area (Å²) in [4.78, 5) is 9.17. The molecule has 20 heavy (non-hydrogen) atoms. The van der Waals surface area contributed by atoms with Gasteiger partial charge in [-0.2, -0.15) is 0 Å². The topological polar surface area (TPSA) is 57.4 Å². The molecule has 0 bridgehead atoms. The third-order valence-corrected chi connectivity index (χ3v) is 3.67. The largest absolute Gasteiger partial charge is 0.308 e. The van der Waals surface area contributed by atoms with E-state index in [2.05, 4.69) is 47.0 Å². The van der Waals surface area contributed by atoms with Gasteiger partial charge in [-0.3, -0.25) is 4.90 Å². The van der Waals surface area contributed by atoms with Gasteiger partial charge in [0.15, 0.2) is 0 Å². The highest BCUT2D eigenvalue weighted by atomic mass is 15.2. The minimum atomic E-state index is 0.707. The second-order valence-corrected chi connectivity index (χ2v) is 4.95. The second kappa shape index (κ2) is 9.69. The van der Waals surface area contributed by atoms with E-state index in [-0.39, 0.29) is 0 Å². The lowest BCUT2D eigenvalue weighted by Gasteiger charge is -2.23. The maximum atomic E-state index is 5.32. The Labute approximate surface area is 123 Å². The number of hydrogen-bond donors (Lipinski definition) is 2. The van der Waals surface area contributed by atoms with Gasteiger partial charge in [-0.05, 0) is 50.8 Å². The molecule has 1 aromatic heterocycles. The first-order chi connectivity index (χ1) is 9.73. The summed E-state index contributed by atoms with van der Waals surface area (Å²) in [7, 11) is 0. The summed E-state index contributed by atoms with van der Waals surface area (Å²) in [5.74, 6) is 6.03. The van der Waals surface area contributed by atoms with Crippen LogP contribution < -0.4 is 11.3 Å². The Morgan fingerprint density at radius 3 is 2.20 bits per heavy atom. The summed E-state index contributed by atoms with van der Waals surface area (Å²) in [5, 5.41) is 0. The third-order valence-electron chi connectivity index (χ3n) is 3.67. The zero-order chi connectivity index (χ0) is 14.8. The number of nitrogens with two attached hydrogens (primary N) is 1. The van der Waals surface area contributed by atoms with Crippen LogP contribution in [-0.2, 0) is 6.54 Å². The summed E-state index contributed by atoms with van der Waals surface area (Å²) >= 11 is 0. The van der Waals surface area contributed by atoms with E-state index in [1.807, 2.05) is 12.3 Å². The molecule has 1 aromatic rings. The van der Waals surface area contributed by atoms with E-state index in [1.165, 1.54) is 18.5 Å². The first-order valence-electron chi connectivity index (χ1n) is 7.59. The van der Waals surface area contributed by atoms with Crippen molar-refractivity contribution in [1.82, 2.24) is 14.8 Å². The zero-order valence-electron chi connectivity index (χ0n) is 13.1. The smallest absolute Gasteiger partial charge is 0.139 e. The van der Waals surface area contributed by atoms with Gasteiger partial charge in [0.1, 0.15) is 5.82 Å². The summed E-state index contributed by atoms with van der Waals surface area (Å²) in [6.07, 6.45) is 3.10. The molecular formula is C15H29N5. The van der Waals surface area contributed by atoms with Crippen LogP contribution in [0.15, 0.2) is 18.3 Å². The lowest BCUT2D eigenvalue weighted by atomic mass is 10.2. The minimum absolute atomic E-state index is 0.707. The van der Waals surface area contributed by atoms with Gasteiger partial charge in [0.05, 0.1) is 0 Å². The Morgan fingerprint density at radius 1 is 1.05 bits per heavy atom. The number of rotatable bonds is 10. The van der Waals surface area contributed by atoms with Gasteiger partial charge < -0.3 is 10.3 Å². The normalized spacial score (nSPS) is 11.3. The van der Waals surface area contributed by atoms with E-state index >= 15 is 0 Å². The summed E-state index contributed by atoms with van der Waals surface area (Å²) < 4.78 is 0. The van der Waals surface area contributed by atoms with Crippen molar-refractivity contribution >= 4 is 5.82 Å². The van der Waals surface area contributed by atoms with Crippen LogP contribution in [0.3, 0.4) is 0 Å². The third kappa shape index (κ3) is 5.86. The van der Waals surface area contributed by atoms with Crippen LogP contribution in [0.2, 0.25) is 0 Å². The number of aromatic nitrogens is 1. The highest BCUT2D eigenvalue weighted by molar-refractivity contribution is 5.33. The fraction of sp³-hybridized carbons (Fsp3) is 0.667.